The Morgan fingerprint density at radius 3 is 1.58 bits per heavy atom. The van der Waals surface area contributed by atoms with E-state index in [0.717, 1.165) is 36.4 Å². The maximum Gasteiger partial charge on any atom is 0.327 e. The maximum absolute atomic E-state index is 11.6. The van der Waals surface area contributed by atoms with E-state index in [1.54, 1.807) is 0 Å². The molecule has 1 atom stereocenters. The van der Waals surface area contributed by atoms with E-state index in [1.807, 2.05) is 0 Å². The van der Waals surface area contributed by atoms with Crippen molar-refractivity contribution in [2.75, 3.05) is 11.1 Å². The quantitative estimate of drug-likeness (QED) is 0.301. The number of rotatable bonds is 10. The Hall–Kier alpha value is -4.34. The highest BCUT2D eigenvalue weighted by atomic mass is 32.2. The molecule has 0 bridgehead atoms. The maximum atomic E-state index is 11.6. The van der Waals surface area contributed by atoms with Crippen LogP contribution < -0.4 is 5.32 Å². The Balaban J connectivity index is 2.43. The number of nitro benzene ring substituents is 4. The summed E-state index contributed by atoms with van der Waals surface area (Å²) >= 11 is 0.448. The summed E-state index contributed by atoms with van der Waals surface area (Å²) in [6.07, 6.45) is 0. The van der Waals surface area contributed by atoms with E-state index in [-0.39, 0.29) is 0 Å². The third-order valence-electron chi connectivity index (χ3n) is 3.79. The molecular formula is C15H11N5O10S. The minimum atomic E-state index is -1.72. The zero-order chi connectivity index (χ0) is 23.3. The molecule has 0 saturated carbocycles. The number of hydrogen-bond acceptors (Lipinski definition) is 11. The highest BCUT2D eigenvalue weighted by Crippen LogP contribution is 2.39. The van der Waals surface area contributed by atoms with E-state index in [0.29, 0.717) is 11.8 Å². The number of anilines is 1. The zero-order valence-corrected chi connectivity index (χ0v) is 15.9. The van der Waals surface area contributed by atoms with Crippen LogP contribution in [0.5, 0.6) is 0 Å². The fraction of sp³-hybridized carbons (Fsp3) is 0.133. The summed E-state index contributed by atoms with van der Waals surface area (Å²) in [4.78, 5) is 52.3. The lowest BCUT2D eigenvalue weighted by atomic mass is 10.2. The van der Waals surface area contributed by atoms with Crippen molar-refractivity contribution in [3.8, 4) is 0 Å². The molecule has 162 valence electrons. The van der Waals surface area contributed by atoms with Crippen molar-refractivity contribution in [2.45, 2.75) is 10.9 Å². The summed E-state index contributed by atoms with van der Waals surface area (Å²) in [6.45, 7) is 0. The predicted molar refractivity (Wildman–Crippen MR) is 105 cm³/mol. The molecule has 0 aliphatic carbocycles. The smallest absolute Gasteiger partial charge is 0.327 e. The van der Waals surface area contributed by atoms with Crippen LogP contribution in [0.15, 0.2) is 41.3 Å². The summed E-state index contributed by atoms with van der Waals surface area (Å²) in [6, 6.07) is 4.25. The van der Waals surface area contributed by atoms with Crippen molar-refractivity contribution in [1.29, 1.82) is 0 Å². The molecule has 16 heteroatoms. The van der Waals surface area contributed by atoms with Crippen molar-refractivity contribution in [2.24, 2.45) is 0 Å². The van der Waals surface area contributed by atoms with E-state index in [2.05, 4.69) is 5.32 Å². The zero-order valence-electron chi connectivity index (χ0n) is 15.1. The van der Waals surface area contributed by atoms with E-state index in [4.69, 9.17) is 0 Å². The molecule has 0 spiro atoms. The van der Waals surface area contributed by atoms with Gasteiger partial charge in [-0.1, -0.05) is 0 Å². The fourth-order valence-corrected chi connectivity index (χ4v) is 3.58. The number of carbonyl (C=O) groups is 1. The first-order valence-electron chi connectivity index (χ1n) is 8.00. The Labute approximate surface area is 175 Å². The number of nitrogens with zero attached hydrogens (tertiary/aromatic N) is 4. The number of carboxylic acids is 1. The Morgan fingerprint density at radius 2 is 1.23 bits per heavy atom. The Kier molecular flexibility index (Phi) is 6.99. The highest BCUT2D eigenvalue weighted by molar-refractivity contribution is 7.99. The number of hydrogen-bond donors (Lipinski definition) is 2. The molecule has 0 aromatic heterocycles. The van der Waals surface area contributed by atoms with Gasteiger partial charge in [0.1, 0.15) is 6.04 Å². The lowest BCUT2D eigenvalue weighted by molar-refractivity contribution is -0.399. The monoisotopic (exact) mass is 453 g/mol. The molecule has 0 aliphatic heterocycles. The second-order valence-electron chi connectivity index (χ2n) is 5.67. The van der Waals surface area contributed by atoms with Gasteiger partial charge in [-0.25, -0.2) is 4.79 Å². The van der Waals surface area contributed by atoms with E-state index in [1.165, 1.54) is 0 Å². The molecule has 2 aromatic carbocycles. The van der Waals surface area contributed by atoms with Gasteiger partial charge in [-0.15, -0.1) is 11.8 Å². The molecule has 0 heterocycles. The molecule has 0 fully saturated rings. The van der Waals surface area contributed by atoms with Crippen molar-refractivity contribution in [3.63, 3.8) is 0 Å². The van der Waals surface area contributed by atoms with Gasteiger partial charge in [0.15, 0.2) is 10.6 Å². The molecule has 0 unspecified atom stereocenters. The van der Waals surface area contributed by atoms with Gasteiger partial charge in [-0.2, -0.15) is 0 Å². The summed E-state index contributed by atoms with van der Waals surface area (Å²) < 4.78 is 0. The van der Waals surface area contributed by atoms with Gasteiger partial charge < -0.3 is 10.4 Å². The molecule has 15 nitrogen and oxygen atoms in total. The van der Waals surface area contributed by atoms with Crippen LogP contribution in [0.2, 0.25) is 0 Å². The molecular weight excluding hydrogens is 442 g/mol. The molecule has 31 heavy (non-hydrogen) atoms. The van der Waals surface area contributed by atoms with Gasteiger partial charge in [-0.3, -0.25) is 40.5 Å². The van der Waals surface area contributed by atoms with Gasteiger partial charge >= 0.3 is 5.97 Å². The topological polar surface area (TPSA) is 222 Å². The third-order valence-corrected chi connectivity index (χ3v) is 5.00. The molecule has 2 N–H and O–H groups in total. The summed E-state index contributed by atoms with van der Waals surface area (Å²) in [5, 5.41) is 56.4. The first-order valence-corrected chi connectivity index (χ1v) is 8.98. The number of nitrogens with one attached hydrogen (secondary N) is 1. The third kappa shape index (κ3) is 5.18. The predicted octanol–water partition coefficient (Wildman–Crippen LogP) is 2.98. The van der Waals surface area contributed by atoms with Crippen LogP contribution in [-0.4, -0.2) is 42.6 Å². The van der Waals surface area contributed by atoms with Gasteiger partial charge in [0.05, 0.1) is 19.7 Å². The van der Waals surface area contributed by atoms with Crippen LogP contribution in [0.4, 0.5) is 28.4 Å². The van der Waals surface area contributed by atoms with Crippen LogP contribution in [0.25, 0.3) is 0 Å². The molecule has 2 rings (SSSR count). The van der Waals surface area contributed by atoms with Crippen LogP contribution in [-0.2, 0) is 4.79 Å². The molecule has 2 aromatic rings. The summed E-state index contributed by atoms with van der Waals surface area (Å²) in [7, 11) is 0. The minimum absolute atomic E-state index is 0.428. The van der Waals surface area contributed by atoms with Crippen LogP contribution in [0, 0.1) is 40.5 Å². The molecule has 0 aliphatic rings. The Bertz CT molecular complexity index is 1030. The Morgan fingerprint density at radius 1 is 0.839 bits per heavy atom. The van der Waals surface area contributed by atoms with Gasteiger partial charge in [0.25, 0.3) is 22.7 Å². The number of thioether (sulfide) groups is 1. The highest BCUT2D eigenvalue weighted by Gasteiger charge is 2.31. The number of nitro groups is 4. The SMILES string of the molecule is O=C(O)[C@H](CSc1c([N+](=O)[O-])cccc1[N+](=O)[O-])Nc1c([N+](=O)[O-])cccc1[N+](=O)[O-]. The van der Waals surface area contributed by atoms with Crippen molar-refractivity contribution in [1.82, 2.24) is 0 Å². The first-order chi connectivity index (χ1) is 14.5. The summed E-state index contributed by atoms with van der Waals surface area (Å²) in [5.74, 6) is -2.18. The minimum Gasteiger partial charge on any atom is -0.480 e. The number of benzene rings is 2. The standard InChI is InChI=1S/C15H11N5O10S/c21-15(22)8(16-13-9(17(23)24)3-1-4-10(13)18(25)26)7-31-14-11(19(27)28)5-2-6-12(14)20(29)30/h1-6,8,16H,7H2,(H,21,22)/t8-/m0/s1. The van der Waals surface area contributed by atoms with Gasteiger partial charge in [0, 0.05) is 30.0 Å². The number of aliphatic carboxylic acids is 1. The largest absolute Gasteiger partial charge is 0.480 e. The van der Waals surface area contributed by atoms with Crippen LogP contribution >= 0.6 is 11.8 Å². The molecule has 0 saturated heterocycles. The van der Waals surface area contributed by atoms with E-state index < -0.39 is 70.8 Å². The second kappa shape index (κ2) is 9.44. The molecule has 0 amide bonds. The van der Waals surface area contributed by atoms with E-state index in [9.17, 15) is 50.4 Å². The molecule has 0 radical (unpaired) electrons. The van der Waals surface area contributed by atoms with Gasteiger partial charge in [-0.05, 0) is 12.1 Å². The van der Waals surface area contributed by atoms with Crippen LogP contribution in [0.3, 0.4) is 0 Å². The fourth-order valence-electron chi connectivity index (χ4n) is 2.44. The lowest BCUT2D eigenvalue weighted by Gasteiger charge is -2.15. The van der Waals surface area contributed by atoms with Crippen molar-refractivity contribution in [3.05, 3.63) is 76.9 Å². The second-order valence-corrected chi connectivity index (χ2v) is 6.70. The average Bonchev–Trinajstić information content (AvgIpc) is 2.69. The van der Waals surface area contributed by atoms with Crippen molar-refractivity contribution >= 4 is 46.2 Å². The summed E-state index contributed by atoms with van der Waals surface area (Å²) in [5.41, 5.74) is -3.48. The van der Waals surface area contributed by atoms with E-state index >= 15 is 0 Å². The lowest BCUT2D eigenvalue weighted by Crippen LogP contribution is -2.32. The average molecular weight is 453 g/mol. The number of carboxylic acid groups (broad SMARTS) is 1. The van der Waals surface area contributed by atoms with Gasteiger partial charge in [0.2, 0.25) is 0 Å². The first kappa shape index (κ1) is 22.9. The van der Waals surface area contributed by atoms with Crippen LogP contribution in [0.1, 0.15) is 0 Å². The number of para-hydroxylation sites is 1. The normalized spacial score (nSPS) is 11.4. The van der Waals surface area contributed by atoms with Crippen molar-refractivity contribution < 1.29 is 29.6 Å².